The molecular formula is C15H16BrN3O. The van der Waals surface area contributed by atoms with Gasteiger partial charge in [-0.3, -0.25) is 9.48 Å². The summed E-state index contributed by atoms with van der Waals surface area (Å²) in [4.78, 5) is 12.3. The number of rotatable bonds is 3. The van der Waals surface area contributed by atoms with Crippen molar-refractivity contribution < 1.29 is 4.79 Å². The number of hydrogen-bond acceptors (Lipinski definition) is 2. The van der Waals surface area contributed by atoms with Crippen molar-refractivity contribution in [3.63, 3.8) is 0 Å². The molecule has 0 spiro atoms. The highest BCUT2D eigenvalue weighted by atomic mass is 79.9. The average Bonchev–Trinajstić information content (AvgIpc) is 3.12. The predicted octanol–water partition coefficient (Wildman–Crippen LogP) is 3.23. The molecule has 0 radical (unpaired) electrons. The molecule has 104 valence electrons. The molecule has 20 heavy (non-hydrogen) atoms. The van der Waals surface area contributed by atoms with Gasteiger partial charge in [0.05, 0.1) is 5.69 Å². The van der Waals surface area contributed by atoms with E-state index < -0.39 is 0 Å². The van der Waals surface area contributed by atoms with Crippen molar-refractivity contribution >= 4 is 27.7 Å². The van der Waals surface area contributed by atoms with Gasteiger partial charge in [0.2, 0.25) is 5.91 Å². The summed E-state index contributed by atoms with van der Waals surface area (Å²) in [6.45, 7) is 1.91. The highest BCUT2D eigenvalue weighted by Crippen LogP contribution is 2.49. The number of amides is 1. The minimum atomic E-state index is 0.0592. The van der Waals surface area contributed by atoms with Crippen LogP contribution in [-0.2, 0) is 11.8 Å². The summed E-state index contributed by atoms with van der Waals surface area (Å²) in [5.41, 5.74) is 2.12. The first-order valence-electron chi connectivity index (χ1n) is 6.62. The molecule has 1 amide bonds. The predicted molar refractivity (Wildman–Crippen MR) is 81.6 cm³/mol. The smallest absolute Gasteiger partial charge is 0.229 e. The third-order valence-electron chi connectivity index (χ3n) is 3.69. The summed E-state index contributed by atoms with van der Waals surface area (Å²) in [6, 6.07) is 9.98. The highest BCUT2D eigenvalue weighted by Gasteiger charge is 2.44. The number of halogens is 1. The van der Waals surface area contributed by atoms with Crippen LogP contribution in [0.25, 0.3) is 0 Å². The topological polar surface area (TPSA) is 46.9 Å². The molecule has 2 aromatic rings. The lowest BCUT2D eigenvalue weighted by Gasteiger charge is -2.06. The van der Waals surface area contributed by atoms with E-state index in [0.29, 0.717) is 5.92 Å². The van der Waals surface area contributed by atoms with Crippen molar-refractivity contribution in [3.8, 4) is 0 Å². The molecule has 4 nitrogen and oxygen atoms in total. The maximum atomic E-state index is 12.3. The van der Waals surface area contributed by atoms with Gasteiger partial charge in [0.15, 0.2) is 0 Å². The number of carbonyl (C=O) groups excluding carboxylic acids is 1. The first kappa shape index (κ1) is 13.4. The summed E-state index contributed by atoms with van der Waals surface area (Å²) in [7, 11) is 1.83. The van der Waals surface area contributed by atoms with Gasteiger partial charge in [-0.05, 0) is 30.9 Å². The molecule has 1 saturated carbocycles. The fraction of sp³-hybridized carbons (Fsp3) is 0.333. The second kappa shape index (κ2) is 5.05. The molecule has 0 aliphatic heterocycles. The molecule has 0 unspecified atom stereocenters. The van der Waals surface area contributed by atoms with E-state index in [1.54, 1.807) is 4.68 Å². The molecule has 1 fully saturated rings. The summed E-state index contributed by atoms with van der Waals surface area (Å²) < 4.78 is 2.78. The van der Waals surface area contributed by atoms with Crippen molar-refractivity contribution in [3.05, 3.63) is 46.1 Å². The van der Waals surface area contributed by atoms with Crippen molar-refractivity contribution in [2.75, 3.05) is 5.32 Å². The van der Waals surface area contributed by atoms with Crippen molar-refractivity contribution in [1.29, 1.82) is 0 Å². The summed E-state index contributed by atoms with van der Waals surface area (Å²) in [5, 5.41) is 7.19. The number of nitrogens with zero attached hydrogens (tertiary/aromatic N) is 2. The van der Waals surface area contributed by atoms with Crippen LogP contribution < -0.4 is 5.32 Å². The molecule has 1 aromatic heterocycles. The number of carbonyl (C=O) groups is 1. The fourth-order valence-electron chi connectivity index (χ4n) is 2.55. The lowest BCUT2D eigenvalue weighted by molar-refractivity contribution is -0.117. The van der Waals surface area contributed by atoms with Crippen molar-refractivity contribution in [1.82, 2.24) is 9.78 Å². The lowest BCUT2D eigenvalue weighted by atomic mass is 10.1. The Morgan fingerprint density at radius 2 is 2.20 bits per heavy atom. The molecule has 1 aliphatic carbocycles. The molecule has 1 aromatic carbocycles. The maximum absolute atomic E-state index is 12.3. The SMILES string of the molecule is Cc1cc(NC(=O)[C@H]2C[C@@H]2c2ccccc2Br)n(C)n1. The zero-order chi connectivity index (χ0) is 14.3. The zero-order valence-corrected chi connectivity index (χ0v) is 13.0. The molecule has 1 heterocycles. The number of anilines is 1. The minimum absolute atomic E-state index is 0.0592. The lowest BCUT2D eigenvalue weighted by Crippen LogP contribution is -2.16. The van der Waals surface area contributed by atoms with Gasteiger partial charge >= 0.3 is 0 Å². The van der Waals surface area contributed by atoms with Crippen LogP contribution in [0.3, 0.4) is 0 Å². The highest BCUT2D eigenvalue weighted by molar-refractivity contribution is 9.10. The summed E-state index contributed by atoms with van der Waals surface area (Å²) >= 11 is 3.55. The Bertz CT molecular complexity index is 665. The molecular weight excluding hydrogens is 318 g/mol. The Balaban J connectivity index is 1.69. The molecule has 2 atom stereocenters. The number of aromatic nitrogens is 2. The van der Waals surface area contributed by atoms with E-state index in [0.717, 1.165) is 22.4 Å². The van der Waals surface area contributed by atoms with E-state index in [1.807, 2.05) is 38.2 Å². The second-order valence-corrected chi connectivity index (χ2v) is 6.11. The summed E-state index contributed by atoms with van der Waals surface area (Å²) in [6.07, 6.45) is 0.908. The van der Waals surface area contributed by atoms with E-state index in [-0.39, 0.29) is 11.8 Å². The van der Waals surface area contributed by atoms with E-state index in [4.69, 9.17) is 0 Å². The van der Waals surface area contributed by atoms with Gasteiger partial charge in [0.1, 0.15) is 5.82 Å². The fourth-order valence-corrected chi connectivity index (χ4v) is 3.13. The van der Waals surface area contributed by atoms with E-state index in [9.17, 15) is 4.79 Å². The third-order valence-corrected chi connectivity index (χ3v) is 4.41. The molecule has 0 saturated heterocycles. The largest absolute Gasteiger partial charge is 0.311 e. The molecule has 3 rings (SSSR count). The Morgan fingerprint density at radius 3 is 2.85 bits per heavy atom. The van der Waals surface area contributed by atoms with Gasteiger partial charge < -0.3 is 5.32 Å². The molecule has 1 aliphatic rings. The van der Waals surface area contributed by atoms with Crippen LogP contribution in [-0.4, -0.2) is 15.7 Å². The molecule has 1 N–H and O–H groups in total. The van der Waals surface area contributed by atoms with Crippen LogP contribution in [0.4, 0.5) is 5.82 Å². The van der Waals surface area contributed by atoms with Crippen LogP contribution in [0, 0.1) is 12.8 Å². The number of benzene rings is 1. The van der Waals surface area contributed by atoms with Crippen LogP contribution in [0.15, 0.2) is 34.8 Å². The maximum Gasteiger partial charge on any atom is 0.229 e. The van der Waals surface area contributed by atoms with E-state index >= 15 is 0 Å². The second-order valence-electron chi connectivity index (χ2n) is 5.25. The van der Waals surface area contributed by atoms with Crippen molar-refractivity contribution in [2.24, 2.45) is 13.0 Å². The first-order chi connectivity index (χ1) is 9.56. The Kier molecular flexibility index (Phi) is 3.38. The summed E-state index contributed by atoms with van der Waals surface area (Å²) in [5.74, 6) is 1.21. The van der Waals surface area contributed by atoms with Gasteiger partial charge in [-0.25, -0.2) is 0 Å². The normalized spacial score (nSPS) is 20.8. The van der Waals surface area contributed by atoms with Gasteiger partial charge in [0.25, 0.3) is 0 Å². The Labute approximate surface area is 126 Å². The van der Waals surface area contributed by atoms with Gasteiger partial charge in [0, 0.05) is 23.5 Å². The number of nitrogens with one attached hydrogen (secondary N) is 1. The Hall–Kier alpha value is -1.62. The average molecular weight is 334 g/mol. The van der Waals surface area contributed by atoms with E-state index in [1.165, 1.54) is 5.56 Å². The van der Waals surface area contributed by atoms with E-state index in [2.05, 4.69) is 32.4 Å². The quantitative estimate of drug-likeness (QED) is 0.937. The first-order valence-corrected chi connectivity index (χ1v) is 7.41. The Morgan fingerprint density at radius 1 is 1.45 bits per heavy atom. The van der Waals surface area contributed by atoms with Gasteiger partial charge in [-0.2, -0.15) is 5.10 Å². The van der Waals surface area contributed by atoms with Gasteiger partial charge in [-0.1, -0.05) is 34.1 Å². The van der Waals surface area contributed by atoms with Crippen molar-refractivity contribution in [2.45, 2.75) is 19.3 Å². The van der Waals surface area contributed by atoms with Crippen LogP contribution >= 0.6 is 15.9 Å². The van der Waals surface area contributed by atoms with Crippen LogP contribution in [0.1, 0.15) is 23.6 Å². The monoisotopic (exact) mass is 333 g/mol. The van der Waals surface area contributed by atoms with Crippen LogP contribution in [0.2, 0.25) is 0 Å². The third kappa shape index (κ3) is 2.50. The molecule has 0 bridgehead atoms. The van der Waals surface area contributed by atoms with Gasteiger partial charge in [-0.15, -0.1) is 0 Å². The minimum Gasteiger partial charge on any atom is -0.311 e. The number of aryl methyl sites for hydroxylation is 2. The van der Waals surface area contributed by atoms with Crippen LogP contribution in [0.5, 0.6) is 0 Å². The zero-order valence-electron chi connectivity index (χ0n) is 11.4. The molecule has 5 heteroatoms. The standard InChI is InChI=1S/C15H16BrN3O/c1-9-7-14(19(2)18-9)17-15(20)12-8-11(12)10-5-3-4-6-13(10)16/h3-7,11-12H,8H2,1-2H3,(H,17,20)/t11-,12+/m1/s1. The number of hydrogen-bond donors (Lipinski definition) is 1.